The van der Waals surface area contributed by atoms with E-state index in [1.54, 1.807) is 18.2 Å². The van der Waals surface area contributed by atoms with Gasteiger partial charge in [-0.2, -0.15) is 0 Å². The summed E-state index contributed by atoms with van der Waals surface area (Å²) in [4.78, 5) is 13.8. The van der Waals surface area contributed by atoms with Crippen molar-refractivity contribution in [2.45, 2.75) is 13.3 Å². The molecule has 0 radical (unpaired) electrons. The van der Waals surface area contributed by atoms with Gasteiger partial charge in [-0.3, -0.25) is 15.6 Å². The third-order valence-electron chi connectivity index (χ3n) is 2.88. The summed E-state index contributed by atoms with van der Waals surface area (Å²) >= 11 is 11.0. The first-order valence-electron chi connectivity index (χ1n) is 7.25. The number of ether oxygens (including phenoxy) is 1. The number of hydrogen-bond donors (Lipinski definition) is 3. The second-order valence-corrected chi connectivity index (χ2v) is 6.10. The van der Waals surface area contributed by atoms with Crippen LogP contribution in [-0.4, -0.2) is 49.7 Å². The van der Waals surface area contributed by atoms with Gasteiger partial charge in [-0.25, -0.2) is 0 Å². The second kappa shape index (κ2) is 10.3. The predicted octanol–water partition coefficient (Wildman–Crippen LogP) is 1.47. The number of halogens is 1. The molecule has 1 aromatic rings. The van der Waals surface area contributed by atoms with Crippen molar-refractivity contribution in [1.82, 2.24) is 21.1 Å². The maximum absolute atomic E-state index is 11.7. The summed E-state index contributed by atoms with van der Waals surface area (Å²) in [5, 5.41) is 4.04. The van der Waals surface area contributed by atoms with E-state index in [0.717, 1.165) is 25.1 Å². The summed E-state index contributed by atoms with van der Waals surface area (Å²) in [6.45, 7) is 3.46. The van der Waals surface area contributed by atoms with Gasteiger partial charge in [0.1, 0.15) is 5.75 Å². The number of aryl methyl sites for hydroxylation is 1. The van der Waals surface area contributed by atoms with Crippen LogP contribution in [0.4, 0.5) is 0 Å². The molecular weight excluding hydrogens is 336 g/mol. The lowest BCUT2D eigenvalue weighted by atomic mass is 10.2. The molecular formula is C15H23ClN4O2S. The van der Waals surface area contributed by atoms with Crippen LogP contribution in [0.25, 0.3) is 0 Å². The van der Waals surface area contributed by atoms with Crippen LogP contribution in [0.5, 0.6) is 5.75 Å². The minimum atomic E-state index is -0.324. The molecule has 128 valence electrons. The summed E-state index contributed by atoms with van der Waals surface area (Å²) in [5.41, 5.74) is 6.00. The number of hydrazine groups is 1. The van der Waals surface area contributed by atoms with E-state index in [2.05, 4.69) is 21.1 Å². The third-order valence-corrected chi connectivity index (χ3v) is 3.55. The maximum Gasteiger partial charge on any atom is 0.276 e. The normalized spacial score (nSPS) is 10.3. The fraction of sp³-hybridized carbons (Fsp3) is 0.467. The largest absolute Gasteiger partial charge is 0.484 e. The van der Waals surface area contributed by atoms with E-state index in [0.29, 0.717) is 15.9 Å². The Hall–Kier alpha value is -1.57. The highest BCUT2D eigenvalue weighted by atomic mass is 35.5. The summed E-state index contributed by atoms with van der Waals surface area (Å²) in [6, 6.07) is 5.22. The molecule has 23 heavy (non-hydrogen) atoms. The van der Waals surface area contributed by atoms with Crippen molar-refractivity contribution in [3.05, 3.63) is 28.8 Å². The quantitative estimate of drug-likeness (QED) is 0.390. The topological polar surface area (TPSA) is 65.6 Å². The zero-order valence-electron chi connectivity index (χ0n) is 13.6. The Morgan fingerprint density at radius 1 is 1.35 bits per heavy atom. The number of thiocarbonyl (C=S) groups is 1. The monoisotopic (exact) mass is 358 g/mol. The number of nitrogens with zero attached hydrogens (tertiary/aromatic N) is 1. The van der Waals surface area contributed by atoms with Crippen LogP contribution in [0.1, 0.15) is 12.0 Å². The lowest BCUT2D eigenvalue weighted by Gasteiger charge is -2.13. The van der Waals surface area contributed by atoms with Crippen LogP contribution >= 0.6 is 23.8 Å². The van der Waals surface area contributed by atoms with Crippen molar-refractivity contribution in [2.75, 3.05) is 33.8 Å². The molecule has 1 amide bonds. The molecule has 0 bridgehead atoms. The molecule has 0 saturated carbocycles. The van der Waals surface area contributed by atoms with E-state index in [1.165, 1.54) is 0 Å². The summed E-state index contributed by atoms with van der Waals surface area (Å²) in [6.07, 6.45) is 0.960. The predicted molar refractivity (Wildman–Crippen MR) is 96.7 cm³/mol. The van der Waals surface area contributed by atoms with Gasteiger partial charge in [-0.1, -0.05) is 11.6 Å². The van der Waals surface area contributed by atoms with Crippen LogP contribution in [0, 0.1) is 6.92 Å². The van der Waals surface area contributed by atoms with Gasteiger partial charge in [0, 0.05) is 11.6 Å². The number of amides is 1. The van der Waals surface area contributed by atoms with E-state index in [9.17, 15) is 4.79 Å². The van der Waals surface area contributed by atoms with Gasteiger partial charge in [0.2, 0.25) is 0 Å². The minimum Gasteiger partial charge on any atom is -0.484 e. The van der Waals surface area contributed by atoms with Crippen molar-refractivity contribution >= 4 is 34.8 Å². The van der Waals surface area contributed by atoms with Gasteiger partial charge in [0.25, 0.3) is 5.91 Å². The van der Waals surface area contributed by atoms with Crippen molar-refractivity contribution in [2.24, 2.45) is 0 Å². The number of rotatable bonds is 7. The van der Waals surface area contributed by atoms with E-state index in [4.69, 9.17) is 28.6 Å². The molecule has 0 heterocycles. The molecule has 0 fully saturated rings. The van der Waals surface area contributed by atoms with Crippen LogP contribution in [0.15, 0.2) is 18.2 Å². The Morgan fingerprint density at radius 3 is 2.74 bits per heavy atom. The van der Waals surface area contributed by atoms with Crippen molar-refractivity contribution < 1.29 is 9.53 Å². The Bertz CT molecular complexity index is 540. The molecule has 0 aliphatic heterocycles. The smallest absolute Gasteiger partial charge is 0.276 e. The van der Waals surface area contributed by atoms with Gasteiger partial charge in [-0.05, 0) is 70.0 Å². The zero-order chi connectivity index (χ0) is 17.2. The standard InChI is InChI=1S/C15H23ClN4O2S/c1-11-9-12(5-6-13(11)16)22-10-14(21)18-19-15(23)17-7-4-8-20(2)3/h5-6,9H,4,7-8,10H2,1-3H3,(H,18,21)(H2,17,19,23). The highest BCUT2D eigenvalue weighted by molar-refractivity contribution is 7.80. The maximum atomic E-state index is 11.7. The first-order chi connectivity index (χ1) is 10.9. The summed E-state index contributed by atoms with van der Waals surface area (Å²) in [5.74, 6) is 0.265. The van der Waals surface area contributed by atoms with E-state index < -0.39 is 0 Å². The molecule has 0 aromatic heterocycles. The molecule has 6 nitrogen and oxygen atoms in total. The highest BCUT2D eigenvalue weighted by Gasteiger charge is 2.04. The fourth-order valence-corrected chi connectivity index (χ4v) is 1.93. The molecule has 0 unspecified atom stereocenters. The summed E-state index contributed by atoms with van der Waals surface area (Å²) in [7, 11) is 4.03. The van der Waals surface area contributed by atoms with Crippen LogP contribution < -0.4 is 20.9 Å². The Kier molecular flexibility index (Phi) is 8.68. The highest BCUT2D eigenvalue weighted by Crippen LogP contribution is 2.20. The van der Waals surface area contributed by atoms with Crippen LogP contribution in [0.2, 0.25) is 5.02 Å². The van der Waals surface area contributed by atoms with Gasteiger partial charge < -0.3 is 15.0 Å². The van der Waals surface area contributed by atoms with Crippen molar-refractivity contribution in [3.63, 3.8) is 0 Å². The van der Waals surface area contributed by atoms with Crippen molar-refractivity contribution in [3.8, 4) is 5.75 Å². The molecule has 0 aliphatic carbocycles. The number of carbonyl (C=O) groups is 1. The third kappa shape index (κ3) is 8.59. The molecule has 3 N–H and O–H groups in total. The minimum absolute atomic E-state index is 0.114. The molecule has 1 aromatic carbocycles. The average Bonchev–Trinajstić information content (AvgIpc) is 2.50. The molecule has 0 atom stereocenters. The number of nitrogens with one attached hydrogen (secondary N) is 3. The second-order valence-electron chi connectivity index (χ2n) is 5.29. The molecule has 8 heteroatoms. The Balaban J connectivity index is 2.18. The fourth-order valence-electron chi connectivity index (χ4n) is 1.66. The van der Waals surface area contributed by atoms with Crippen LogP contribution in [0.3, 0.4) is 0 Å². The van der Waals surface area contributed by atoms with E-state index in [1.807, 2.05) is 21.0 Å². The SMILES string of the molecule is Cc1cc(OCC(=O)NNC(=S)NCCCN(C)C)ccc1Cl. The molecule has 1 rings (SSSR count). The van der Waals surface area contributed by atoms with Gasteiger partial charge in [0.05, 0.1) is 0 Å². The molecule has 0 saturated heterocycles. The number of carbonyl (C=O) groups excluding carboxylic acids is 1. The average molecular weight is 359 g/mol. The van der Waals surface area contributed by atoms with Gasteiger partial charge in [0.15, 0.2) is 11.7 Å². The molecule has 0 aliphatic rings. The number of hydrogen-bond acceptors (Lipinski definition) is 4. The van der Waals surface area contributed by atoms with E-state index in [-0.39, 0.29) is 12.5 Å². The van der Waals surface area contributed by atoms with Crippen molar-refractivity contribution in [1.29, 1.82) is 0 Å². The Labute approximate surface area is 147 Å². The molecule has 0 spiro atoms. The zero-order valence-corrected chi connectivity index (χ0v) is 15.2. The van der Waals surface area contributed by atoms with Gasteiger partial charge >= 0.3 is 0 Å². The Morgan fingerprint density at radius 2 is 2.09 bits per heavy atom. The summed E-state index contributed by atoms with van der Waals surface area (Å²) < 4.78 is 5.38. The van der Waals surface area contributed by atoms with Crippen LogP contribution in [-0.2, 0) is 4.79 Å². The lowest BCUT2D eigenvalue weighted by Crippen LogP contribution is -2.48. The number of benzene rings is 1. The first-order valence-corrected chi connectivity index (χ1v) is 8.03. The first kappa shape index (κ1) is 19.5. The lowest BCUT2D eigenvalue weighted by molar-refractivity contribution is -0.123. The van der Waals surface area contributed by atoms with Gasteiger partial charge in [-0.15, -0.1) is 0 Å². The van der Waals surface area contributed by atoms with E-state index >= 15 is 0 Å².